The van der Waals surface area contributed by atoms with E-state index in [9.17, 15) is 9.59 Å². The Hall–Kier alpha value is -1.14. The average molecular weight is 300 g/mol. The summed E-state index contributed by atoms with van der Waals surface area (Å²) < 4.78 is 10.5. The second-order valence-electron chi connectivity index (χ2n) is 5.83. The van der Waals surface area contributed by atoms with Gasteiger partial charge < -0.3 is 19.7 Å². The molecule has 2 unspecified atom stereocenters. The molecule has 0 saturated carbocycles. The van der Waals surface area contributed by atoms with Crippen molar-refractivity contribution in [2.45, 2.75) is 45.7 Å². The zero-order valence-corrected chi connectivity index (χ0v) is 13.6. The van der Waals surface area contributed by atoms with Gasteiger partial charge in [-0.2, -0.15) is 0 Å². The van der Waals surface area contributed by atoms with Crippen LogP contribution in [0.25, 0.3) is 0 Å². The first-order chi connectivity index (χ1) is 9.97. The van der Waals surface area contributed by atoms with Crippen molar-refractivity contribution in [3.63, 3.8) is 0 Å². The summed E-state index contributed by atoms with van der Waals surface area (Å²) in [5.74, 6) is 0.0128. The Morgan fingerprint density at radius 2 is 2.00 bits per heavy atom. The average Bonchev–Trinajstić information content (AvgIpc) is 2.52. The fourth-order valence-corrected chi connectivity index (χ4v) is 2.42. The van der Waals surface area contributed by atoms with Crippen molar-refractivity contribution in [3.05, 3.63) is 0 Å². The van der Waals surface area contributed by atoms with Crippen molar-refractivity contribution < 1.29 is 19.1 Å². The number of carbonyl (C=O) groups excluding carboxylic acids is 2. The second kappa shape index (κ2) is 9.00. The Bertz CT molecular complexity index is 347. The first-order valence-electron chi connectivity index (χ1n) is 7.64. The van der Waals surface area contributed by atoms with Crippen molar-refractivity contribution in [2.75, 3.05) is 33.5 Å². The molecule has 0 aromatic carbocycles. The minimum Gasteiger partial charge on any atom is -0.385 e. The number of nitrogens with zero attached hydrogens (tertiary/aromatic N) is 1. The molecular weight excluding hydrogens is 272 g/mol. The predicted octanol–water partition coefficient (Wildman–Crippen LogP) is 0.801. The third kappa shape index (κ3) is 5.63. The van der Waals surface area contributed by atoms with Crippen LogP contribution in [0, 0.1) is 5.92 Å². The maximum atomic E-state index is 12.5. The van der Waals surface area contributed by atoms with Crippen LogP contribution in [-0.4, -0.2) is 62.3 Å². The molecule has 0 aromatic rings. The van der Waals surface area contributed by atoms with Crippen molar-refractivity contribution in [3.8, 4) is 0 Å². The van der Waals surface area contributed by atoms with Crippen LogP contribution in [0.1, 0.15) is 33.6 Å². The Balaban J connectivity index is 2.52. The standard InChI is InChI=1S/C15H28N2O4/c1-11(2)14-15(19)17(12(3)10-13(18)16-14)6-9-21-8-5-7-20-4/h11-12,14H,5-10H2,1-4H3,(H,16,18). The van der Waals surface area contributed by atoms with Crippen LogP contribution in [-0.2, 0) is 19.1 Å². The topological polar surface area (TPSA) is 67.9 Å². The van der Waals surface area contributed by atoms with Gasteiger partial charge in [0.15, 0.2) is 0 Å². The highest BCUT2D eigenvalue weighted by Gasteiger charge is 2.35. The van der Waals surface area contributed by atoms with E-state index in [1.54, 1.807) is 12.0 Å². The maximum Gasteiger partial charge on any atom is 0.245 e. The molecule has 1 fully saturated rings. The van der Waals surface area contributed by atoms with E-state index in [1.165, 1.54) is 0 Å². The van der Waals surface area contributed by atoms with E-state index in [4.69, 9.17) is 9.47 Å². The highest BCUT2D eigenvalue weighted by molar-refractivity contribution is 5.90. The summed E-state index contributed by atoms with van der Waals surface area (Å²) in [6.07, 6.45) is 1.19. The van der Waals surface area contributed by atoms with Gasteiger partial charge in [0.2, 0.25) is 11.8 Å². The van der Waals surface area contributed by atoms with Crippen LogP contribution < -0.4 is 5.32 Å². The maximum absolute atomic E-state index is 12.5. The molecular formula is C15H28N2O4. The van der Waals surface area contributed by atoms with Crippen LogP contribution in [0.2, 0.25) is 0 Å². The SMILES string of the molecule is COCCCOCCN1C(=O)C(C(C)C)NC(=O)CC1C. The summed E-state index contributed by atoms with van der Waals surface area (Å²) in [6.45, 7) is 8.09. The Kier molecular flexibility index (Phi) is 7.67. The van der Waals surface area contributed by atoms with Crippen molar-refractivity contribution in [2.24, 2.45) is 5.92 Å². The van der Waals surface area contributed by atoms with Gasteiger partial charge in [-0.25, -0.2) is 0 Å². The molecule has 6 nitrogen and oxygen atoms in total. The first-order valence-corrected chi connectivity index (χ1v) is 7.64. The van der Waals surface area contributed by atoms with Gasteiger partial charge in [0, 0.05) is 39.3 Å². The summed E-state index contributed by atoms with van der Waals surface area (Å²) in [6, 6.07) is -0.528. The molecule has 0 aromatic heterocycles. The van der Waals surface area contributed by atoms with Gasteiger partial charge in [-0.05, 0) is 19.3 Å². The highest BCUT2D eigenvalue weighted by atomic mass is 16.5. The van der Waals surface area contributed by atoms with Crippen LogP contribution in [0.4, 0.5) is 0 Å². The van der Waals surface area contributed by atoms with E-state index >= 15 is 0 Å². The lowest BCUT2D eigenvalue weighted by molar-refractivity contribution is -0.136. The quantitative estimate of drug-likeness (QED) is 0.673. The van der Waals surface area contributed by atoms with Gasteiger partial charge in [-0.1, -0.05) is 13.8 Å². The number of rotatable bonds is 8. The van der Waals surface area contributed by atoms with E-state index in [-0.39, 0.29) is 23.8 Å². The molecule has 122 valence electrons. The third-order valence-electron chi connectivity index (χ3n) is 3.66. The number of ether oxygens (including phenoxy) is 2. The molecule has 0 radical (unpaired) electrons. The van der Waals surface area contributed by atoms with Gasteiger partial charge in [0.1, 0.15) is 6.04 Å². The molecule has 1 heterocycles. The summed E-state index contributed by atoms with van der Waals surface area (Å²) in [5.41, 5.74) is 0. The largest absolute Gasteiger partial charge is 0.385 e. The van der Waals surface area contributed by atoms with E-state index in [1.807, 2.05) is 20.8 Å². The Labute approximate surface area is 127 Å². The highest BCUT2D eigenvalue weighted by Crippen LogP contribution is 2.15. The smallest absolute Gasteiger partial charge is 0.245 e. The van der Waals surface area contributed by atoms with Gasteiger partial charge >= 0.3 is 0 Å². The molecule has 0 bridgehead atoms. The lowest BCUT2D eigenvalue weighted by Crippen LogP contribution is -2.49. The van der Waals surface area contributed by atoms with Gasteiger partial charge in [-0.3, -0.25) is 9.59 Å². The van der Waals surface area contributed by atoms with E-state index in [0.29, 0.717) is 32.8 Å². The van der Waals surface area contributed by atoms with Crippen LogP contribution in [0.15, 0.2) is 0 Å². The van der Waals surface area contributed by atoms with E-state index in [2.05, 4.69) is 5.32 Å². The normalized spacial score (nSPS) is 23.4. The summed E-state index contributed by atoms with van der Waals surface area (Å²) in [7, 11) is 1.66. The van der Waals surface area contributed by atoms with Crippen LogP contribution >= 0.6 is 0 Å². The Morgan fingerprint density at radius 1 is 1.29 bits per heavy atom. The zero-order chi connectivity index (χ0) is 15.8. The van der Waals surface area contributed by atoms with Crippen molar-refractivity contribution in [1.29, 1.82) is 0 Å². The molecule has 1 aliphatic heterocycles. The molecule has 0 aliphatic carbocycles. The van der Waals surface area contributed by atoms with Gasteiger partial charge in [-0.15, -0.1) is 0 Å². The van der Waals surface area contributed by atoms with Crippen LogP contribution in [0.3, 0.4) is 0 Å². The predicted molar refractivity (Wildman–Crippen MR) is 79.9 cm³/mol. The fraction of sp³-hybridized carbons (Fsp3) is 0.867. The number of carbonyl (C=O) groups is 2. The minimum atomic E-state index is -0.434. The number of methoxy groups -OCH3 is 1. The van der Waals surface area contributed by atoms with Crippen molar-refractivity contribution in [1.82, 2.24) is 10.2 Å². The van der Waals surface area contributed by atoms with Crippen LogP contribution in [0.5, 0.6) is 0 Å². The first kappa shape index (κ1) is 17.9. The molecule has 2 amide bonds. The fourth-order valence-electron chi connectivity index (χ4n) is 2.42. The third-order valence-corrected chi connectivity index (χ3v) is 3.66. The summed E-state index contributed by atoms with van der Waals surface area (Å²) in [5, 5.41) is 2.82. The number of hydrogen-bond acceptors (Lipinski definition) is 4. The zero-order valence-electron chi connectivity index (χ0n) is 13.6. The lowest BCUT2D eigenvalue weighted by Gasteiger charge is -2.29. The lowest BCUT2D eigenvalue weighted by atomic mass is 10.0. The summed E-state index contributed by atoms with van der Waals surface area (Å²) >= 11 is 0. The number of nitrogens with one attached hydrogen (secondary N) is 1. The molecule has 21 heavy (non-hydrogen) atoms. The van der Waals surface area contributed by atoms with E-state index < -0.39 is 6.04 Å². The van der Waals surface area contributed by atoms with Crippen molar-refractivity contribution >= 4 is 11.8 Å². The van der Waals surface area contributed by atoms with E-state index in [0.717, 1.165) is 6.42 Å². The molecule has 1 saturated heterocycles. The van der Waals surface area contributed by atoms with Gasteiger partial charge in [0.25, 0.3) is 0 Å². The second-order valence-corrected chi connectivity index (χ2v) is 5.83. The molecule has 2 atom stereocenters. The Morgan fingerprint density at radius 3 is 2.62 bits per heavy atom. The molecule has 1 N–H and O–H groups in total. The molecule has 6 heteroatoms. The minimum absolute atomic E-state index is 0.0103. The monoisotopic (exact) mass is 300 g/mol. The number of amides is 2. The number of hydrogen-bond donors (Lipinski definition) is 1. The summed E-state index contributed by atoms with van der Waals surface area (Å²) in [4.78, 5) is 26.1. The molecule has 1 rings (SSSR count). The molecule has 1 aliphatic rings. The van der Waals surface area contributed by atoms with Gasteiger partial charge in [0.05, 0.1) is 6.61 Å². The molecule has 0 spiro atoms.